The minimum atomic E-state index is -1.21. The van der Waals surface area contributed by atoms with E-state index in [1.54, 1.807) is 0 Å². The fourth-order valence-corrected chi connectivity index (χ4v) is 7.17. The summed E-state index contributed by atoms with van der Waals surface area (Å²) >= 11 is 0. The zero-order valence-electron chi connectivity index (χ0n) is 29.0. The number of hydrogen-bond acceptors (Lipinski definition) is 7. The molecule has 2 aromatic carbocycles. The van der Waals surface area contributed by atoms with Gasteiger partial charge in [0, 0.05) is 36.0 Å². The zero-order chi connectivity index (χ0) is 34.2. The highest BCUT2D eigenvalue weighted by Crippen LogP contribution is 2.42. The Bertz CT molecular complexity index is 1860. The number of aryl methyl sites for hydroxylation is 1. The van der Waals surface area contributed by atoms with E-state index in [4.69, 9.17) is 19.6 Å². The SMILES string of the molecule is Cc1nc2cc3nn2c(c1[C@H](OC(C)(C)C)C(=O)O)N1CCC(C)(CCCCC[C@H](C)Oc2ccc(C#N)cc2-c2cccc-3c2)CC1. The van der Waals surface area contributed by atoms with Gasteiger partial charge in [0.05, 0.1) is 34.6 Å². The van der Waals surface area contributed by atoms with Gasteiger partial charge in [0.2, 0.25) is 0 Å². The van der Waals surface area contributed by atoms with Gasteiger partial charge in [-0.2, -0.15) is 14.9 Å². The summed E-state index contributed by atoms with van der Waals surface area (Å²) in [5, 5.41) is 25.3. The van der Waals surface area contributed by atoms with Gasteiger partial charge in [0.25, 0.3) is 0 Å². The predicted octanol–water partition coefficient (Wildman–Crippen LogP) is 8.52. The summed E-state index contributed by atoms with van der Waals surface area (Å²) in [6, 6.07) is 17.9. The highest BCUT2D eigenvalue weighted by Gasteiger charge is 2.37. The molecule has 6 bridgehead atoms. The Morgan fingerprint density at radius 3 is 2.54 bits per heavy atom. The minimum Gasteiger partial charge on any atom is -0.490 e. The number of nitriles is 1. The Kier molecular flexibility index (Phi) is 9.23. The molecule has 252 valence electrons. The molecule has 9 nitrogen and oxygen atoms in total. The Hall–Kier alpha value is -4.42. The fraction of sp³-hybridized carbons (Fsp3) is 0.487. The number of carbonyl (C=O) groups is 1. The van der Waals surface area contributed by atoms with Crippen LogP contribution in [0.5, 0.6) is 5.75 Å². The summed E-state index contributed by atoms with van der Waals surface area (Å²) in [5.41, 5.74) is 5.27. The normalized spacial score (nSPS) is 20.9. The van der Waals surface area contributed by atoms with Crippen LogP contribution in [0.1, 0.15) is 102 Å². The molecule has 7 rings (SSSR count). The molecule has 1 N–H and O–H groups in total. The number of benzene rings is 2. The van der Waals surface area contributed by atoms with E-state index in [9.17, 15) is 15.2 Å². The molecule has 1 fully saturated rings. The molecular weight excluding hydrogens is 602 g/mol. The largest absolute Gasteiger partial charge is 0.490 e. The molecule has 0 saturated carbocycles. The quantitative estimate of drug-likeness (QED) is 0.235. The van der Waals surface area contributed by atoms with E-state index >= 15 is 0 Å². The molecule has 0 aliphatic carbocycles. The van der Waals surface area contributed by atoms with E-state index in [2.05, 4.69) is 30.9 Å². The van der Waals surface area contributed by atoms with Crippen molar-refractivity contribution in [2.24, 2.45) is 5.41 Å². The van der Waals surface area contributed by atoms with Crippen molar-refractivity contribution >= 4 is 17.4 Å². The molecule has 0 spiro atoms. The first-order chi connectivity index (χ1) is 22.8. The first-order valence-corrected chi connectivity index (χ1v) is 17.2. The number of rotatable bonds is 3. The predicted molar refractivity (Wildman–Crippen MR) is 187 cm³/mol. The highest BCUT2D eigenvalue weighted by molar-refractivity contribution is 5.80. The number of aromatic nitrogens is 3. The molecule has 5 heterocycles. The van der Waals surface area contributed by atoms with E-state index in [0.717, 1.165) is 86.3 Å². The molecule has 3 aliphatic rings. The van der Waals surface area contributed by atoms with Crippen LogP contribution in [0.2, 0.25) is 0 Å². The van der Waals surface area contributed by atoms with Crippen LogP contribution in [0.3, 0.4) is 0 Å². The second-order valence-electron chi connectivity index (χ2n) is 14.9. The van der Waals surface area contributed by atoms with Crippen molar-refractivity contribution in [3.63, 3.8) is 0 Å². The summed E-state index contributed by atoms with van der Waals surface area (Å²) < 4.78 is 14.6. The molecule has 2 aromatic heterocycles. The summed E-state index contributed by atoms with van der Waals surface area (Å²) in [7, 11) is 0. The number of aliphatic carboxylic acids is 1. The topological polar surface area (TPSA) is 113 Å². The van der Waals surface area contributed by atoms with Gasteiger partial charge in [-0.1, -0.05) is 38.0 Å². The maximum Gasteiger partial charge on any atom is 0.337 e. The molecule has 1 saturated heterocycles. The molecule has 0 radical (unpaired) electrons. The number of piperidine rings is 1. The van der Waals surface area contributed by atoms with Gasteiger partial charge in [-0.15, -0.1) is 0 Å². The van der Waals surface area contributed by atoms with Crippen LogP contribution < -0.4 is 9.64 Å². The maximum atomic E-state index is 12.8. The van der Waals surface area contributed by atoms with Crippen molar-refractivity contribution in [3.05, 3.63) is 65.4 Å². The van der Waals surface area contributed by atoms with E-state index in [1.165, 1.54) is 0 Å². The molecule has 2 atom stereocenters. The Morgan fingerprint density at radius 2 is 1.83 bits per heavy atom. The lowest BCUT2D eigenvalue weighted by molar-refractivity contribution is -0.160. The van der Waals surface area contributed by atoms with Gasteiger partial charge in [-0.3, -0.25) is 0 Å². The van der Waals surface area contributed by atoms with Gasteiger partial charge < -0.3 is 19.5 Å². The lowest BCUT2D eigenvalue weighted by Crippen LogP contribution is -2.41. The minimum absolute atomic E-state index is 0.0431. The van der Waals surface area contributed by atoms with Gasteiger partial charge in [0.1, 0.15) is 11.6 Å². The number of fused-ring (bicyclic) bond motifs is 8. The molecule has 9 heteroatoms. The van der Waals surface area contributed by atoms with E-state index in [0.29, 0.717) is 28.2 Å². The lowest BCUT2D eigenvalue weighted by atomic mass is 9.76. The van der Waals surface area contributed by atoms with Crippen molar-refractivity contribution in [2.75, 3.05) is 18.0 Å². The van der Waals surface area contributed by atoms with Crippen LogP contribution in [-0.2, 0) is 9.53 Å². The smallest absolute Gasteiger partial charge is 0.337 e. The summed E-state index contributed by atoms with van der Waals surface area (Å²) in [6.45, 7) is 13.6. The molecule has 3 aliphatic heterocycles. The summed E-state index contributed by atoms with van der Waals surface area (Å²) in [6.07, 6.45) is 6.35. The standard InChI is InChI=1S/C39H47N5O4/c1-25-11-8-7-9-16-39(6)17-19-43(20-18-39)36-34(35(37(45)46)48-38(3,4)5)26(2)41-33-23-31(42-44(33)36)29-13-10-12-28(22-29)30-21-27(24-40)14-15-32(30)47-25/h10,12-15,21-23,25,35H,7-9,11,16-20H2,1-6H3,(H,45,46)/t25-,35-/m0/s1. The summed E-state index contributed by atoms with van der Waals surface area (Å²) in [4.78, 5) is 20.0. The number of hydrogen-bond donors (Lipinski definition) is 1. The molecule has 4 aromatic rings. The van der Waals surface area contributed by atoms with Gasteiger partial charge in [-0.25, -0.2) is 9.78 Å². The zero-order valence-corrected chi connectivity index (χ0v) is 29.0. The van der Waals surface area contributed by atoms with Crippen molar-refractivity contribution in [1.29, 1.82) is 5.26 Å². The third-order valence-electron chi connectivity index (χ3n) is 9.83. The van der Waals surface area contributed by atoms with Crippen molar-refractivity contribution in [3.8, 4) is 34.2 Å². The van der Waals surface area contributed by atoms with Gasteiger partial charge >= 0.3 is 5.97 Å². The third-order valence-corrected chi connectivity index (χ3v) is 9.83. The third kappa shape index (κ3) is 7.05. The van der Waals surface area contributed by atoms with E-state index < -0.39 is 17.7 Å². The first kappa shape index (κ1) is 33.5. The maximum absolute atomic E-state index is 12.8. The van der Waals surface area contributed by atoms with Crippen LogP contribution in [0, 0.1) is 23.7 Å². The molecule has 0 unspecified atom stereocenters. The van der Waals surface area contributed by atoms with Crippen LogP contribution in [0.15, 0.2) is 48.5 Å². The molecule has 48 heavy (non-hydrogen) atoms. The van der Waals surface area contributed by atoms with E-state index in [1.807, 2.05) is 74.7 Å². The molecular formula is C39H47N5O4. The van der Waals surface area contributed by atoms with Crippen molar-refractivity contribution < 1.29 is 19.4 Å². The molecule has 0 amide bonds. The average molecular weight is 650 g/mol. The van der Waals surface area contributed by atoms with E-state index in [-0.39, 0.29) is 11.5 Å². The number of anilines is 1. The van der Waals surface area contributed by atoms with Gasteiger partial charge in [-0.05, 0) is 102 Å². The number of carboxylic acid groups (broad SMARTS) is 1. The first-order valence-electron chi connectivity index (χ1n) is 17.2. The van der Waals surface area contributed by atoms with Crippen molar-refractivity contribution in [2.45, 2.75) is 104 Å². The average Bonchev–Trinajstić information content (AvgIpc) is 3.46. The Morgan fingerprint density at radius 1 is 1.08 bits per heavy atom. The van der Waals surface area contributed by atoms with Crippen molar-refractivity contribution in [1.82, 2.24) is 14.6 Å². The lowest BCUT2D eigenvalue weighted by Gasteiger charge is -2.41. The van der Waals surface area contributed by atoms with Crippen LogP contribution in [-0.4, -0.2) is 50.5 Å². The van der Waals surface area contributed by atoms with Crippen LogP contribution in [0.25, 0.3) is 28.0 Å². The Balaban J connectivity index is 1.54. The Labute approximate surface area is 283 Å². The fourth-order valence-electron chi connectivity index (χ4n) is 7.17. The monoisotopic (exact) mass is 649 g/mol. The van der Waals surface area contributed by atoms with Gasteiger partial charge in [0.15, 0.2) is 11.8 Å². The highest BCUT2D eigenvalue weighted by atomic mass is 16.5. The number of nitrogens with zero attached hydrogens (tertiary/aromatic N) is 5. The second-order valence-corrected chi connectivity index (χ2v) is 14.9. The second kappa shape index (κ2) is 13.2. The van der Waals surface area contributed by atoms with Crippen LogP contribution in [0.4, 0.5) is 5.82 Å². The number of ether oxygens (including phenoxy) is 2. The summed E-state index contributed by atoms with van der Waals surface area (Å²) in [5.74, 6) is 0.439. The van der Waals surface area contributed by atoms with Crippen LogP contribution >= 0.6 is 0 Å². The number of carboxylic acids is 1.